The Morgan fingerprint density at radius 3 is 2.32 bits per heavy atom. The second kappa shape index (κ2) is 16.3. The highest BCUT2D eigenvalue weighted by molar-refractivity contribution is 14.2. The maximum absolute atomic E-state index is 13.6. The summed E-state index contributed by atoms with van der Waals surface area (Å²) in [6.45, 7) is 13.3. The molecule has 3 heterocycles. The Labute approximate surface area is 309 Å². The Kier molecular flexibility index (Phi) is 12.3. The quantitative estimate of drug-likeness (QED) is 0.112. The number of rotatable bonds is 12. The molecule has 3 atom stereocenters. The van der Waals surface area contributed by atoms with Gasteiger partial charge in [0.25, 0.3) is 0 Å². The molecule has 1 fully saturated rings. The van der Waals surface area contributed by atoms with E-state index in [1.807, 2.05) is 75.2 Å². The molecular formula is C36H50IN8O4P. The number of halogens is 1. The Bertz CT molecular complexity index is 1750. The van der Waals surface area contributed by atoms with Crippen molar-refractivity contribution in [2.24, 2.45) is 5.92 Å². The topological polar surface area (TPSA) is 134 Å². The van der Waals surface area contributed by atoms with Crippen molar-refractivity contribution in [2.45, 2.75) is 90.9 Å². The van der Waals surface area contributed by atoms with E-state index in [1.54, 1.807) is 11.1 Å². The lowest BCUT2D eigenvalue weighted by Crippen LogP contribution is -2.42. The number of carbonyl (C=O) groups excluding carboxylic acids is 2. The third-order valence-corrected chi connectivity index (χ3v) is 10.6. The van der Waals surface area contributed by atoms with Gasteiger partial charge in [-0.2, -0.15) is 5.10 Å². The summed E-state index contributed by atoms with van der Waals surface area (Å²) in [6, 6.07) is 12.3. The summed E-state index contributed by atoms with van der Waals surface area (Å²) in [7, 11) is 0. The molecule has 2 amide bonds. The molecule has 4 aromatic rings. The highest BCUT2D eigenvalue weighted by Crippen LogP contribution is 2.42. The van der Waals surface area contributed by atoms with Crippen molar-refractivity contribution in [3.8, 4) is 11.3 Å². The van der Waals surface area contributed by atoms with Crippen LogP contribution in [0, 0.1) is 5.92 Å². The average molecular weight is 817 g/mol. The predicted molar refractivity (Wildman–Crippen MR) is 208 cm³/mol. The van der Waals surface area contributed by atoms with Crippen molar-refractivity contribution < 1.29 is 19.1 Å². The van der Waals surface area contributed by atoms with Crippen LogP contribution in [0.4, 0.5) is 15.4 Å². The van der Waals surface area contributed by atoms with Crippen LogP contribution < -0.4 is 5.73 Å². The lowest BCUT2D eigenvalue weighted by molar-refractivity contribution is 0.0186. The summed E-state index contributed by atoms with van der Waals surface area (Å²) >= 11 is 2.32. The molecule has 1 saturated carbocycles. The smallest absolute Gasteiger partial charge is 0.410 e. The van der Waals surface area contributed by atoms with E-state index in [1.165, 1.54) is 6.33 Å². The second-order valence-corrected chi connectivity index (χ2v) is 17.0. The van der Waals surface area contributed by atoms with E-state index in [-0.39, 0.29) is 24.1 Å². The lowest BCUT2D eigenvalue weighted by atomic mass is 10.1. The third-order valence-electron chi connectivity index (χ3n) is 8.70. The van der Waals surface area contributed by atoms with E-state index in [2.05, 4.69) is 60.0 Å². The summed E-state index contributed by atoms with van der Waals surface area (Å²) in [5.74, 6) is 0.706. The number of anilines is 1. The SMILES string of the molecule is CC(C)(C)OC(=O)N(CCCN(CC1CCC(n2cc(-c3ccnn3PI)c3c(N)ncnc32)C1)C(=O)OC(C)(C)C)CCc1ccccc1. The number of fused-ring (bicyclic) bond motifs is 1. The number of aromatic nitrogens is 5. The summed E-state index contributed by atoms with van der Waals surface area (Å²) in [4.78, 5) is 39.3. The first-order valence-corrected chi connectivity index (χ1v) is 21.3. The van der Waals surface area contributed by atoms with Crippen LogP contribution in [0.2, 0.25) is 0 Å². The van der Waals surface area contributed by atoms with Crippen LogP contribution in [0.25, 0.3) is 22.3 Å². The number of ether oxygens (including phenoxy) is 2. The molecule has 0 bridgehead atoms. The van der Waals surface area contributed by atoms with Gasteiger partial charge in [-0.1, -0.05) is 30.3 Å². The Hall–Kier alpha value is -3.45. The van der Waals surface area contributed by atoms with Gasteiger partial charge in [-0.3, -0.25) is 0 Å². The molecule has 270 valence electrons. The monoisotopic (exact) mass is 816 g/mol. The average Bonchev–Trinajstić information content (AvgIpc) is 3.79. The van der Waals surface area contributed by atoms with Crippen molar-refractivity contribution in [1.29, 1.82) is 0 Å². The molecule has 3 unspecified atom stereocenters. The van der Waals surface area contributed by atoms with Gasteiger partial charge < -0.3 is 29.6 Å². The summed E-state index contributed by atoms with van der Waals surface area (Å²) in [5, 5.41) is 5.32. The molecule has 0 aliphatic heterocycles. The number of amides is 2. The van der Waals surface area contributed by atoms with Crippen molar-refractivity contribution in [1.82, 2.24) is 33.9 Å². The molecule has 3 aromatic heterocycles. The highest BCUT2D eigenvalue weighted by Gasteiger charge is 2.33. The first-order valence-electron chi connectivity index (χ1n) is 17.2. The van der Waals surface area contributed by atoms with Gasteiger partial charge in [0.05, 0.1) is 17.5 Å². The predicted octanol–water partition coefficient (Wildman–Crippen LogP) is 8.12. The molecule has 0 spiro atoms. The number of hydrogen-bond donors (Lipinski definition) is 1. The van der Waals surface area contributed by atoms with Gasteiger partial charge in [-0.15, -0.1) is 0 Å². The van der Waals surface area contributed by atoms with Gasteiger partial charge in [0.2, 0.25) is 0 Å². The molecule has 0 saturated heterocycles. The molecule has 50 heavy (non-hydrogen) atoms. The second-order valence-electron chi connectivity index (χ2n) is 14.9. The Morgan fingerprint density at radius 1 is 0.960 bits per heavy atom. The van der Waals surface area contributed by atoms with Gasteiger partial charge in [0.1, 0.15) is 29.0 Å². The molecule has 1 aliphatic carbocycles. The largest absolute Gasteiger partial charge is 0.444 e. The van der Waals surface area contributed by atoms with Crippen LogP contribution in [0.3, 0.4) is 0 Å². The van der Waals surface area contributed by atoms with Gasteiger partial charge in [0.15, 0.2) is 0 Å². The molecule has 1 aromatic carbocycles. The standard InChI is InChI=1S/C36H50IN8O4P/c1-35(2,3)48-33(46)42(20-16-25-11-8-7-9-12-25)18-10-19-43(34(47)49-36(4,5)6)22-26-13-14-27(21-26)44-23-28(29-15-17-41-45(29)50-37)30-31(38)39-24-40-32(30)44/h7-9,11-12,15,17,23-24,26-27,50H,10,13-14,16,18-22H2,1-6H3,(H2,38,39,40). The summed E-state index contributed by atoms with van der Waals surface area (Å²) in [6.07, 6.45) is 9.30. The van der Waals surface area contributed by atoms with E-state index >= 15 is 0 Å². The zero-order chi connectivity index (χ0) is 36.1. The fourth-order valence-corrected chi connectivity index (χ4v) is 8.05. The van der Waals surface area contributed by atoms with Gasteiger partial charge in [-0.05, 0) is 113 Å². The number of carbonyl (C=O) groups is 2. The summed E-state index contributed by atoms with van der Waals surface area (Å²) < 4.78 is 15.8. The Morgan fingerprint density at radius 2 is 1.64 bits per heavy atom. The fourth-order valence-electron chi connectivity index (χ4n) is 6.50. The van der Waals surface area contributed by atoms with Gasteiger partial charge in [0, 0.05) is 50.2 Å². The van der Waals surface area contributed by atoms with Gasteiger partial charge in [-0.25, -0.2) is 24.0 Å². The van der Waals surface area contributed by atoms with Gasteiger partial charge >= 0.3 is 12.2 Å². The van der Waals surface area contributed by atoms with E-state index in [0.717, 1.165) is 47.1 Å². The van der Waals surface area contributed by atoms with E-state index in [4.69, 9.17) is 15.2 Å². The number of hydrogen-bond acceptors (Lipinski definition) is 8. The molecule has 5 rings (SSSR count). The van der Waals surface area contributed by atoms with Crippen molar-refractivity contribution in [2.75, 3.05) is 31.9 Å². The minimum atomic E-state index is -0.628. The minimum Gasteiger partial charge on any atom is -0.444 e. The zero-order valence-electron chi connectivity index (χ0n) is 29.9. The molecule has 12 nitrogen and oxygen atoms in total. The summed E-state index contributed by atoms with van der Waals surface area (Å²) in [5.41, 5.74) is 9.11. The first-order chi connectivity index (χ1) is 23.7. The van der Waals surface area contributed by atoms with E-state index in [9.17, 15) is 9.59 Å². The lowest BCUT2D eigenvalue weighted by Gasteiger charge is -2.31. The van der Waals surface area contributed by atoms with Crippen LogP contribution in [-0.4, -0.2) is 83.5 Å². The number of nitrogens with zero attached hydrogens (tertiary/aromatic N) is 7. The molecule has 2 N–H and O–H groups in total. The van der Waals surface area contributed by atoms with E-state index in [0.29, 0.717) is 51.2 Å². The van der Waals surface area contributed by atoms with Crippen LogP contribution in [-0.2, 0) is 15.9 Å². The molecule has 1 aliphatic rings. The number of nitrogens with two attached hydrogens (primary N) is 1. The Balaban J connectivity index is 1.29. The molecular weight excluding hydrogens is 766 g/mol. The van der Waals surface area contributed by atoms with Crippen molar-refractivity contribution in [3.63, 3.8) is 0 Å². The van der Waals surface area contributed by atoms with Crippen LogP contribution >= 0.6 is 28.4 Å². The maximum Gasteiger partial charge on any atom is 0.410 e. The van der Waals surface area contributed by atoms with Crippen molar-refractivity contribution >= 4 is 57.5 Å². The normalized spacial score (nSPS) is 16.7. The van der Waals surface area contributed by atoms with Crippen LogP contribution in [0.1, 0.15) is 78.8 Å². The fraction of sp³-hybridized carbons (Fsp3) is 0.528. The first kappa shape index (κ1) is 37.8. The third kappa shape index (κ3) is 9.86. The van der Waals surface area contributed by atoms with Crippen LogP contribution in [0.15, 0.2) is 55.1 Å². The van der Waals surface area contributed by atoms with Crippen molar-refractivity contribution in [3.05, 3.63) is 60.7 Å². The number of nitrogen functional groups attached to an aromatic ring is 1. The number of benzene rings is 1. The zero-order valence-corrected chi connectivity index (χ0v) is 33.1. The molecule has 0 radical (unpaired) electrons. The van der Waals surface area contributed by atoms with Crippen LogP contribution in [0.5, 0.6) is 0 Å². The maximum atomic E-state index is 13.6. The highest BCUT2D eigenvalue weighted by atomic mass is 127. The minimum absolute atomic E-state index is 0.185. The molecule has 14 heteroatoms. The van der Waals surface area contributed by atoms with E-state index < -0.39 is 11.2 Å².